The molecule has 0 bridgehead atoms. The van der Waals surface area contributed by atoms with Gasteiger partial charge in [0.1, 0.15) is 16.9 Å². The summed E-state index contributed by atoms with van der Waals surface area (Å²) in [5.41, 5.74) is 17.0. The Morgan fingerprint density at radius 1 is 0.443 bits per heavy atom. The van der Waals surface area contributed by atoms with Crippen molar-refractivity contribution in [2.45, 2.75) is 150 Å². The first-order chi connectivity index (χ1) is 32.9. The third kappa shape index (κ3) is 7.43. The highest BCUT2D eigenvalue weighted by Gasteiger charge is 2.61. The normalized spacial score (nSPS) is 18.6. The van der Waals surface area contributed by atoms with Crippen LogP contribution in [0.4, 0.5) is 0 Å². The summed E-state index contributed by atoms with van der Waals surface area (Å²) < 4.78 is 7.45. The first kappa shape index (κ1) is 50.3. The number of fused-ring (bicyclic) bond motifs is 4. The summed E-state index contributed by atoms with van der Waals surface area (Å²) >= 11 is 0. The highest BCUT2D eigenvalue weighted by Crippen LogP contribution is 2.67. The number of allylic oxidation sites excluding steroid dienone is 5. The molecule has 0 atom stereocenters. The summed E-state index contributed by atoms with van der Waals surface area (Å²) in [6, 6.07) is 36.6. The van der Waals surface area contributed by atoms with Crippen molar-refractivity contribution >= 4 is 0 Å². The molecule has 3 nitrogen and oxygen atoms in total. The van der Waals surface area contributed by atoms with Crippen molar-refractivity contribution in [3.05, 3.63) is 214 Å². The average molecular weight is 927 g/mol. The number of aryl methyl sites for hydroxylation is 3. The number of aromatic nitrogens is 2. The van der Waals surface area contributed by atoms with E-state index in [1.165, 1.54) is 44.5 Å². The largest absolute Gasteiger partial charge is 0.457 e. The minimum Gasteiger partial charge on any atom is -0.457 e. The van der Waals surface area contributed by atoms with Crippen LogP contribution in [0.3, 0.4) is 0 Å². The van der Waals surface area contributed by atoms with Gasteiger partial charge in [-0.15, -0.1) is 19.7 Å². The van der Waals surface area contributed by atoms with E-state index < -0.39 is 5.41 Å². The number of hydrogen-bond donors (Lipinski definition) is 0. The second-order valence-corrected chi connectivity index (χ2v) is 23.7. The highest BCUT2D eigenvalue weighted by atomic mass is 16.5. The van der Waals surface area contributed by atoms with Gasteiger partial charge in [-0.2, -0.15) is 0 Å². The Labute approximate surface area is 422 Å². The van der Waals surface area contributed by atoms with Crippen molar-refractivity contribution < 1.29 is 4.74 Å². The van der Waals surface area contributed by atoms with Crippen LogP contribution in [0.1, 0.15) is 163 Å². The van der Waals surface area contributed by atoms with E-state index in [-0.39, 0.29) is 32.5 Å². The van der Waals surface area contributed by atoms with Crippen molar-refractivity contribution in [1.29, 1.82) is 0 Å². The number of nitrogens with zero attached hydrogens (tertiary/aromatic N) is 2. The SMILES string of the molecule is C=CC/C=C/Cc1ccc(-c2cccc(C3(c4cccc(-c5ccc(C)c(C)c5)n4)c4cc5c(cc4Oc4cc6c(cc43)C(C)(C)C(C)(C)C6(C)C)C(C)(C)C(C)(C)C5(C)C)n2)cc1C.C=CCC=C. The molecule has 0 amide bonds. The van der Waals surface area contributed by atoms with Crippen molar-refractivity contribution in [3.8, 4) is 34.0 Å². The molecule has 0 spiro atoms. The van der Waals surface area contributed by atoms with Crippen LogP contribution in [-0.2, 0) is 33.5 Å². The van der Waals surface area contributed by atoms with E-state index in [1.54, 1.807) is 0 Å². The molecule has 70 heavy (non-hydrogen) atoms. The van der Waals surface area contributed by atoms with Gasteiger partial charge in [0.15, 0.2) is 0 Å². The Hall–Kier alpha value is -6.06. The number of benzene rings is 4. The molecule has 1 aliphatic heterocycles. The van der Waals surface area contributed by atoms with E-state index in [0.29, 0.717) is 0 Å². The summed E-state index contributed by atoms with van der Waals surface area (Å²) in [6.07, 6.45) is 12.7. The van der Waals surface area contributed by atoms with E-state index in [9.17, 15) is 0 Å². The molecule has 0 unspecified atom stereocenters. The summed E-state index contributed by atoms with van der Waals surface area (Å²) in [5.74, 6) is 1.75. The third-order valence-corrected chi connectivity index (χ3v) is 19.1. The Morgan fingerprint density at radius 3 is 1.29 bits per heavy atom. The lowest BCUT2D eigenvalue weighted by Crippen LogP contribution is -2.42. The third-order valence-electron chi connectivity index (χ3n) is 19.1. The van der Waals surface area contributed by atoms with Crippen molar-refractivity contribution in [1.82, 2.24) is 9.97 Å². The van der Waals surface area contributed by atoms with E-state index in [4.69, 9.17) is 14.7 Å². The lowest BCUT2D eigenvalue weighted by Gasteiger charge is -2.44. The molecule has 2 aliphatic carbocycles. The maximum absolute atomic E-state index is 7.45. The van der Waals surface area contributed by atoms with Gasteiger partial charge in [0.25, 0.3) is 0 Å². The lowest BCUT2D eigenvalue weighted by molar-refractivity contribution is 0.125. The second kappa shape index (κ2) is 17.7. The highest BCUT2D eigenvalue weighted by molar-refractivity contribution is 5.74. The fourth-order valence-electron chi connectivity index (χ4n) is 12.0. The predicted molar refractivity (Wildman–Crippen MR) is 298 cm³/mol. The molecule has 2 aromatic heterocycles. The topological polar surface area (TPSA) is 35.0 Å². The van der Waals surface area contributed by atoms with E-state index in [1.807, 2.05) is 18.2 Å². The van der Waals surface area contributed by atoms with Crippen LogP contribution < -0.4 is 4.74 Å². The Morgan fingerprint density at radius 2 is 0.871 bits per heavy atom. The van der Waals surface area contributed by atoms with Crippen LogP contribution in [-0.4, -0.2) is 9.97 Å². The Bertz CT molecular complexity index is 2990. The van der Waals surface area contributed by atoms with Gasteiger partial charge in [-0.25, -0.2) is 0 Å². The maximum Gasteiger partial charge on any atom is 0.132 e. The minimum absolute atomic E-state index is 0.0479. The lowest BCUT2D eigenvalue weighted by atomic mass is 9.59. The molecule has 0 fully saturated rings. The van der Waals surface area contributed by atoms with Crippen LogP contribution >= 0.6 is 0 Å². The van der Waals surface area contributed by atoms with Crippen LogP contribution in [0.25, 0.3) is 22.5 Å². The van der Waals surface area contributed by atoms with Gasteiger partial charge < -0.3 is 4.74 Å². The standard InChI is InChI=1S/C62H70N2O.C5H8/c1-17-18-19-20-23-41-30-31-43(33-40(41)4)51-25-22-27-55(64-51)62(54-26-21-24-50(63-54)42-29-28-38(2)39(3)32-42)48-34-44-46(58(9,10)60(13,14)56(44,5)6)36-52(48)65-53-37-47-45(35-49(53)62)57(7,8)61(15,16)59(47,11)12;1-3-5-4-2/h17,19-22,24-37H,1,18,23H2,2-16H3;3-4H,1-2,5H2/b20-19+;. The molecule has 0 saturated heterocycles. The van der Waals surface area contributed by atoms with Gasteiger partial charge >= 0.3 is 0 Å². The van der Waals surface area contributed by atoms with Crippen molar-refractivity contribution in [2.75, 3.05) is 0 Å². The quantitative estimate of drug-likeness (QED) is 0.128. The number of rotatable bonds is 10. The van der Waals surface area contributed by atoms with Gasteiger partial charge in [0.05, 0.1) is 22.8 Å². The van der Waals surface area contributed by atoms with Gasteiger partial charge in [0.2, 0.25) is 0 Å². The molecular weight excluding hydrogens is 849 g/mol. The molecular formula is C67H78N2O. The molecule has 362 valence electrons. The van der Waals surface area contributed by atoms with Gasteiger partial charge in [-0.1, -0.05) is 150 Å². The molecule has 0 radical (unpaired) electrons. The number of ether oxygens (including phenoxy) is 1. The van der Waals surface area contributed by atoms with E-state index in [2.05, 4.69) is 233 Å². The second-order valence-electron chi connectivity index (χ2n) is 23.7. The first-order valence-corrected chi connectivity index (χ1v) is 25.5. The zero-order valence-electron chi connectivity index (χ0n) is 45.2. The van der Waals surface area contributed by atoms with E-state index in [0.717, 1.165) is 75.8 Å². The minimum atomic E-state index is -0.955. The Balaban J connectivity index is 0.00000125. The summed E-state index contributed by atoms with van der Waals surface area (Å²) in [6.45, 7) is 46.6. The zero-order valence-corrected chi connectivity index (χ0v) is 45.2. The number of pyridine rings is 2. The van der Waals surface area contributed by atoms with Gasteiger partial charge in [0, 0.05) is 22.3 Å². The molecule has 3 heteroatoms. The van der Waals surface area contributed by atoms with Crippen LogP contribution in [0.15, 0.2) is 147 Å². The molecule has 0 saturated carbocycles. The Kier molecular flexibility index (Phi) is 12.7. The summed E-state index contributed by atoms with van der Waals surface area (Å²) in [7, 11) is 0. The van der Waals surface area contributed by atoms with Gasteiger partial charge in [-0.05, 0) is 178 Å². The van der Waals surface area contributed by atoms with Crippen LogP contribution in [0.5, 0.6) is 11.5 Å². The fraction of sp³-hybridized carbons (Fsp3) is 0.373. The summed E-state index contributed by atoms with van der Waals surface area (Å²) in [5, 5.41) is 0. The zero-order chi connectivity index (χ0) is 51.0. The molecule has 3 aliphatic rings. The van der Waals surface area contributed by atoms with E-state index >= 15 is 0 Å². The smallest absolute Gasteiger partial charge is 0.132 e. The maximum atomic E-state index is 7.45. The monoisotopic (exact) mass is 927 g/mol. The van der Waals surface area contributed by atoms with Crippen molar-refractivity contribution in [3.63, 3.8) is 0 Å². The summed E-state index contributed by atoms with van der Waals surface area (Å²) in [4.78, 5) is 11.7. The first-order valence-electron chi connectivity index (χ1n) is 25.5. The molecule has 0 N–H and O–H groups in total. The molecule has 9 rings (SSSR count). The van der Waals surface area contributed by atoms with Gasteiger partial charge in [-0.3, -0.25) is 9.97 Å². The van der Waals surface area contributed by atoms with Crippen LogP contribution in [0.2, 0.25) is 0 Å². The average Bonchev–Trinajstić information content (AvgIpc) is 3.49. The van der Waals surface area contributed by atoms with Crippen LogP contribution in [0, 0.1) is 31.6 Å². The molecule has 6 aromatic rings. The molecule has 4 aromatic carbocycles. The number of hydrogen-bond acceptors (Lipinski definition) is 3. The molecule has 3 heterocycles. The fourth-order valence-corrected chi connectivity index (χ4v) is 12.0. The predicted octanol–water partition coefficient (Wildman–Crippen LogP) is 17.8. The van der Waals surface area contributed by atoms with Crippen molar-refractivity contribution in [2.24, 2.45) is 10.8 Å².